The standard InChI is InChI=1S/C10H20O3/c1-6-8(7(2)11)9(12)13-10(3,4)5/h7-8,11H,6H2,1-5H3/t7-,8?/m0/s1. The van der Waals surface area contributed by atoms with Gasteiger partial charge in [-0.15, -0.1) is 0 Å². The van der Waals surface area contributed by atoms with Crippen molar-refractivity contribution in [3.8, 4) is 0 Å². The van der Waals surface area contributed by atoms with E-state index >= 15 is 0 Å². The molecular formula is C10H20O3. The third-order valence-electron chi connectivity index (χ3n) is 1.73. The Morgan fingerprint density at radius 2 is 1.92 bits per heavy atom. The number of hydrogen-bond acceptors (Lipinski definition) is 3. The fourth-order valence-electron chi connectivity index (χ4n) is 1.08. The molecule has 0 saturated heterocycles. The number of rotatable bonds is 3. The molecule has 0 heterocycles. The predicted molar refractivity (Wildman–Crippen MR) is 51.3 cm³/mol. The lowest BCUT2D eigenvalue weighted by molar-refractivity contribution is -0.163. The van der Waals surface area contributed by atoms with E-state index in [0.29, 0.717) is 6.42 Å². The maximum absolute atomic E-state index is 11.4. The number of aliphatic hydroxyl groups is 1. The molecule has 0 aromatic carbocycles. The summed E-state index contributed by atoms with van der Waals surface area (Å²) in [6.07, 6.45) is -0.0353. The van der Waals surface area contributed by atoms with Crippen molar-refractivity contribution in [2.75, 3.05) is 0 Å². The first-order valence-corrected chi connectivity index (χ1v) is 4.69. The molecule has 0 aliphatic heterocycles. The summed E-state index contributed by atoms with van der Waals surface area (Å²) in [5.41, 5.74) is -0.473. The molecule has 0 bridgehead atoms. The predicted octanol–water partition coefficient (Wildman–Crippen LogP) is 1.74. The van der Waals surface area contributed by atoms with Crippen molar-refractivity contribution in [2.24, 2.45) is 5.92 Å². The van der Waals surface area contributed by atoms with E-state index in [1.165, 1.54) is 0 Å². The fraction of sp³-hybridized carbons (Fsp3) is 0.900. The Labute approximate surface area is 80.1 Å². The van der Waals surface area contributed by atoms with Crippen molar-refractivity contribution in [1.82, 2.24) is 0 Å². The van der Waals surface area contributed by atoms with Gasteiger partial charge in [0.15, 0.2) is 0 Å². The first kappa shape index (κ1) is 12.4. The molecule has 0 saturated carbocycles. The number of aliphatic hydroxyl groups excluding tert-OH is 1. The van der Waals surface area contributed by atoms with Gasteiger partial charge in [0.2, 0.25) is 0 Å². The Morgan fingerprint density at radius 3 is 2.15 bits per heavy atom. The zero-order chi connectivity index (χ0) is 10.6. The van der Waals surface area contributed by atoms with E-state index in [4.69, 9.17) is 4.74 Å². The molecule has 0 rings (SSSR count). The first-order chi connectivity index (χ1) is 5.78. The second-order valence-corrected chi connectivity index (χ2v) is 4.29. The van der Waals surface area contributed by atoms with Gasteiger partial charge in [-0.2, -0.15) is 0 Å². The van der Waals surface area contributed by atoms with E-state index < -0.39 is 17.6 Å². The summed E-state index contributed by atoms with van der Waals surface area (Å²) in [4.78, 5) is 11.4. The topological polar surface area (TPSA) is 46.5 Å². The van der Waals surface area contributed by atoms with Crippen LogP contribution in [0.15, 0.2) is 0 Å². The van der Waals surface area contributed by atoms with E-state index in [1.54, 1.807) is 6.92 Å². The molecule has 0 aromatic heterocycles. The van der Waals surface area contributed by atoms with Crippen LogP contribution in [0.25, 0.3) is 0 Å². The quantitative estimate of drug-likeness (QED) is 0.686. The molecule has 0 aliphatic rings. The molecule has 78 valence electrons. The smallest absolute Gasteiger partial charge is 0.312 e. The lowest BCUT2D eigenvalue weighted by atomic mass is 10.0. The summed E-state index contributed by atoms with van der Waals surface area (Å²) in [6, 6.07) is 0. The van der Waals surface area contributed by atoms with Crippen molar-refractivity contribution < 1.29 is 14.6 Å². The molecule has 3 heteroatoms. The lowest BCUT2D eigenvalue weighted by Gasteiger charge is -2.24. The minimum atomic E-state index is -0.639. The van der Waals surface area contributed by atoms with Gasteiger partial charge in [0, 0.05) is 0 Å². The minimum Gasteiger partial charge on any atom is -0.460 e. The van der Waals surface area contributed by atoms with Crippen LogP contribution < -0.4 is 0 Å². The molecule has 0 aliphatic carbocycles. The molecule has 1 N–H and O–H groups in total. The summed E-state index contributed by atoms with van der Waals surface area (Å²) in [6.45, 7) is 8.93. The zero-order valence-corrected chi connectivity index (χ0v) is 9.13. The highest BCUT2D eigenvalue weighted by atomic mass is 16.6. The van der Waals surface area contributed by atoms with Gasteiger partial charge in [-0.05, 0) is 34.1 Å². The summed E-state index contributed by atoms with van der Waals surface area (Å²) < 4.78 is 5.15. The molecule has 13 heavy (non-hydrogen) atoms. The minimum absolute atomic E-state index is 0.315. The fourth-order valence-corrected chi connectivity index (χ4v) is 1.08. The van der Waals surface area contributed by atoms with Gasteiger partial charge in [-0.3, -0.25) is 4.79 Å². The number of hydrogen-bond donors (Lipinski definition) is 1. The Morgan fingerprint density at radius 1 is 1.46 bits per heavy atom. The van der Waals surface area contributed by atoms with Crippen LogP contribution in [0.3, 0.4) is 0 Å². The van der Waals surface area contributed by atoms with Crippen molar-refractivity contribution in [1.29, 1.82) is 0 Å². The molecule has 0 radical (unpaired) electrons. The van der Waals surface area contributed by atoms with Crippen LogP contribution in [0, 0.1) is 5.92 Å². The summed E-state index contributed by atoms with van der Waals surface area (Å²) in [5, 5.41) is 9.28. The highest BCUT2D eigenvalue weighted by Gasteiger charge is 2.26. The van der Waals surface area contributed by atoms with Crippen LogP contribution >= 0.6 is 0 Å². The average Bonchev–Trinajstić information content (AvgIpc) is 1.82. The SMILES string of the molecule is CCC(C(=O)OC(C)(C)C)[C@H](C)O. The van der Waals surface area contributed by atoms with E-state index in [-0.39, 0.29) is 5.97 Å². The maximum atomic E-state index is 11.4. The average molecular weight is 188 g/mol. The Hall–Kier alpha value is -0.570. The first-order valence-electron chi connectivity index (χ1n) is 4.69. The number of esters is 1. The van der Waals surface area contributed by atoms with Crippen molar-refractivity contribution in [3.05, 3.63) is 0 Å². The molecule has 3 nitrogen and oxygen atoms in total. The molecular weight excluding hydrogens is 168 g/mol. The van der Waals surface area contributed by atoms with E-state index in [9.17, 15) is 9.90 Å². The summed E-state index contributed by atoms with van der Waals surface area (Å²) in [7, 11) is 0. The van der Waals surface area contributed by atoms with Crippen LogP contribution in [-0.4, -0.2) is 22.8 Å². The highest BCUT2D eigenvalue weighted by Crippen LogP contribution is 2.16. The van der Waals surface area contributed by atoms with Gasteiger partial charge in [0.25, 0.3) is 0 Å². The lowest BCUT2D eigenvalue weighted by Crippen LogP contribution is -2.33. The van der Waals surface area contributed by atoms with Gasteiger partial charge < -0.3 is 9.84 Å². The molecule has 1 unspecified atom stereocenters. The zero-order valence-electron chi connectivity index (χ0n) is 9.13. The van der Waals surface area contributed by atoms with Crippen LogP contribution in [0.2, 0.25) is 0 Å². The second kappa shape index (κ2) is 4.61. The largest absolute Gasteiger partial charge is 0.460 e. The Balaban J connectivity index is 4.23. The van der Waals surface area contributed by atoms with Crippen LogP contribution in [-0.2, 0) is 9.53 Å². The molecule has 0 spiro atoms. The highest BCUT2D eigenvalue weighted by molar-refractivity contribution is 5.73. The molecule has 2 atom stereocenters. The third kappa shape index (κ3) is 4.88. The van der Waals surface area contributed by atoms with Crippen LogP contribution in [0.5, 0.6) is 0 Å². The summed E-state index contributed by atoms with van der Waals surface area (Å²) >= 11 is 0. The normalized spacial score (nSPS) is 16.5. The molecule has 0 amide bonds. The summed E-state index contributed by atoms with van der Waals surface area (Å²) in [5.74, 6) is -0.718. The van der Waals surface area contributed by atoms with Crippen LogP contribution in [0.4, 0.5) is 0 Å². The van der Waals surface area contributed by atoms with Crippen molar-refractivity contribution >= 4 is 5.97 Å². The number of ether oxygens (including phenoxy) is 1. The van der Waals surface area contributed by atoms with E-state index in [1.807, 2.05) is 27.7 Å². The second-order valence-electron chi connectivity index (χ2n) is 4.29. The molecule has 0 fully saturated rings. The third-order valence-corrected chi connectivity index (χ3v) is 1.73. The van der Waals surface area contributed by atoms with Gasteiger partial charge in [0.1, 0.15) is 5.60 Å². The monoisotopic (exact) mass is 188 g/mol. The van der Waals surface area contributed by atoms with Crippen molar-refractivity contribution in [3.63, 3.8) is 0 Å². The Bertz CT molecular complexity index is 167. The number of carbonyl (C=O) groups is 1. The van der Waals surface area contributed by atoms with Crippen LogP contribution in [0.1, 0.15) is 41.0 Å². The van der Waals surface area contributed by atoms with Gasteiger partial charge in [0.05, 0.1) is 12.0 Å². The Kier molecular flexibility index (Phi) is 4.40. The number of carbonyl (C=O) groups excluding carboxylic acids is 1. The van der Waals surface area contributed by atoms with E-state index in [0.717, 1.165) is 0 Å². The van der Waals surface area contributed by atoms with E-state index in [2.05, 4.69) is 0 Å². The van der Waals surface area contributed by atoms with Gasteiger partial charge in [-0.1, -0.05) is 6.92 Å². The van der Waals surface area contributed by atoms with Crippen molar-refractivity contribution in [2.45, 2.75) is 52.7 Å². The molecule has 0 aromatic rings. The van der Waals surface area contributed by atoms with Gasteiger partial charge >= 0.3 is 5.97 Å². The maximum Gasteiger partial charge on any atom is 0.312 e. The van der Waals surface area contributed by atoms with Gasteiger partial charge in [-0.25, -0.2) is 0 Å².